The molecule has 1 heterocycles. The van der Waals surface area contributed by atoms with Crippen molar-refractivity contribution in [1.29, 1.82) is 0 Å². The van der Waals surface area contributed by atoms with Gasteiger partial charge in [-0.2, -0.15) is 0 Å². The highest BCUT2D eigenvalue weighted by Gasteiger charge is 2.13. The second-order valence-corrected chi connectivity index (χ2v) is 5.98. The minimum atomic E-state index is -0.238. The summed E-state index contributed by atoms with van der Waals surface area (Å²) >= 11 is 0. The van der Waals surface area contributed by atoms with Crippen LogP contribution in [-0.4, -0.2) is 20.1 Å². The van der Waals surface area contributed by atoms with Crippen LogP contribution in [0.1, 0.15) is 18.1 Å². The van der Waals surface area contributed by atoms with Crippen molar-refractivity contribution < 1.29 is 18.7 Å². The topological polar surface area (TPSA) is 60.7 Å². The van der Waals surface area contributed by atoms with E-state index in [2.05, 4.69) is 5.32 Å². The quantitative estimate of drug-likeness (QED) is 0.671. The van der Waals surface area contributed by atoms with E-state index in [1.54, 1.807) is 38.7 Å². The summed E-state index contributed by atoms with van der Waals surface area (Å²) in [4.78, 5) is 12.4. The number of benzene rings is 2. The molecule has 1 amide bonds. The Bertz CT molecular complexity index is 985. The highest BCUT2D eigenvalue weighted by atomic mass is 16.5. The van der Waals surface area contributed by atoms with E-state index in [9.17, 15) is 4.79 Å². The van der Waals surface area contributed by atoms with Gasteiger partial charge in [-0.1, -0.05) is 12.1 Å². The number of methoxy groups -OCH3 is 2. The molecule has 1 aromatic heterocycles. The number of fused-ring (bicyclic) bond motifs is 1. The van der Waals surface area contributed by atoms with Crippen LogP contribution in [0.2, 0.25) is 0 Å². The zero-order valence-corrected chi connectivity index (χ0v) is 15.3. The standard InChI is InChI=1S/C21H21NO4/c1-13(9-21(23)22-17-7-5-6-8-18(17)24-3)15-10-16-14(2)12-26-20(16)11-19(15)25-4/h5-12H,1-4H3,(H,22,23)/b13-9+. The van der Waals surface area contributed by atoms with Crippen molar-refractivity contribution >= 4 is 28.1 Å². The van der Waals surface area contributed by atoms with Crippen molar-refractivity contribution in [2.75, 3.05) is 19.5 Å². The summed E-state index contributed by atoms with van der Waals surface area (Å²) in [6.07, 6.45) is 3.26. The predicted octanol–water partition coefficient (Wildman–Crippen LogP) is 4.80. The van der Waals surface area contributed by atoms with Crippen LogP contribution in [0.25, 0.3) is 16.5 Å². The number of hydrogen-bond donors (Lipinski definition) is 1. The third-order valence-corrected chi connectivity index (χ3v) is 4.23. The number of para-hydroxylation sites is 2. The van der Waals surface area contributed by atoms with Gasteiger partial charge < -0.3 is 19.2 Å². The van der Waals surface area contributed by atoms with Crippen LogP contribution >= 0.6 is 0 Å². The molecule has 1 N–H and O–H groups in total. The van der Waals surface area contributed by atoms with Crippen LogP contribution in [0.5, 0.6) is 11.5 Å². The number of allylic oxidation sites excluding steroid dienone is 1. The first kappa shape index (κ1) is 17.6. The van der Waals surface area contributed by atoms with Gasteiger partial charge in [0, 0.05) is 23.1 Å². The molecule has 3 rings (SSSR count). The summed E-state index contributed by atoms with van der Waals surface area (Å²) in [6, 6.07) is 11.1. The molecule has 0 spiro atoms. The van der Waals surface area contributed by atoms with Gasteiger partial charge in [-0.15, -0.1) is 0 Å². The van der Waals surface area contributed by atoms with E-state index in [1.165, 1.54) is 0 Å². The van der Waals surface area contributed by atoms with Gasteiger partial charge in [-0.25, -0.2) is 0 Å². The van der Waals surface area contributed by atoms with Crippen molar-refractivity contribution in [2.24, 2.45) is 0 Å². The van der Waals surface area contributed by atoms with Gasteiger partial charge in [0.1, 0.15) is 17.1 Å². The molecule has 0 aliphatic heterocycles. The van der Waals surface area contributed by atoms with E-state index in [1.807, 2.05) is 38.1 Å². The summed E-state index contributed by atoms with van der Waals surface area (Å²) in [6.45, 7) is 3.86. The van der Waals surface area contributed by atoms with E-state index in [0.29, 0.717) is 17.2 Å². The van der Waals surface area contributed by atoms with Crippen LogP contribution < -0.4 is 14.8 Å². The van der Waals surface area contributed by atoms with E-state index < -0.39 is 0 Å². The van der Waals surface area contributed by atoms with Crippen LogP contribution in [0, 0.1) is 6.92 Å². The summed E-state index contributed by atoms with van der Waals surface area (Å²) in [5.41, 5.74) is 4.05. The number of rotatable bonds is 5. The molecule has 0 saturated heterocycles. The maximum Gasteiger partial charge on any atom is 0.248 e. The summed E-state index contributed by atoms with van der Waals surface area (Å²) in [5, 5.41) is 3.84. The monoisotopic (exact) mass is 351 g/mol. The van der Waals surface area contributed by atoms with Crippen molar-refractivity contribution in [3.8, 4) is 11.5 Å². The second-order valence-electron chi connectivity index (χ2n) is 5.98. The van der Waals surface area contributed by atoms with E-state index in [0.717, 1.165) is 27.7 Å². The first-order chi connectivity index (χ1) is 12.5. The highest BCUT2D eigenvalue weighted by molar-refractivity contribution is 6.05. The molecule has 134 valence electrons. The number of carbonyl (C=O) groups excluding carboxylic acids is 1. The van der Waals surface area contributed by atoms with Gasteiger partial charge in [0.2, 0.25) is 5.91 Å². The Hall–Kier alpha value is -3.21. The Kier molecular flexibility index (Phi) is 4.98. The second kappa shape index (κ2) is 7.35. The first-order valence-electron chi connectivity index (χ1n) is 8.22. The fourth-order valence-electron chi connectivity index (χ4n) is 2.85. The molecule has 2 aromatic carbocycles. The fourth-order valence-corrected chi connectivity index (χ4v) is 2.85. The highest BCUT2D eigenvalue weighted by Crippen LogP contribution is 2.33. The molecule has 0 radical (unpaired) electrons. The number of ether oxygens (including phenoxy) is 2. The van der Waals surface area contributed by atoms with Gasteiger partial charge in [-0.3, -0.25) is 4.79 Å². The Balaban J connectivity index is 1.92. The largest absolute Gasteiger partial charge is 0.496 e. The molecule has 0 atom stereocenters. The molecule has 5 nitrogen and oxygen atoms in total. The van der Waals surface area contributed by atoms with Crippen molar-refractivity contribution in [3.05, 3.63) is 59.9 Å². The van der Waals surface area contributed by atoms with Crippen LogP contribution in [0.4, 0.5) is 5.69 Å². The summed E-state index contributed by atoms with van der Waals surface area (Å²) in [7, 11) is 3.17. The third kappa shape index (κ3) is 3.42. The minimum absolute atomic E-state index is 0.238. The van der Waals surface area contributed by atoms with Crippen molar-refractivity contribution in [2.45, 2.75) is 13.8 Å². The molecule has 0 saturated carbocycles. The molecule has 0 bridgehead atoms. The van der Waals surface area contributed by atoms with E-state index in [4.69, 9.17) is 13.9 Å². The lowest BCUT2D eigenvalue weighted by Gasteiger charge is -2.11. The van der Waals surface area contributed by atoms with Crippen molar-refractivity contribution in [1.82, 2.24) is 0 Å². The van der Waals surface area contributed by atoms with Crippen molar-refractivity contribution in [3.63, 3.8) is 0 Å². The number of carbonyl (C=O) groups is 1. The SMILES string of the molecule is COc1ccccc1NC(=O)/C=C(\C)c1cc2c(C)coc2cc1OC. The average Bonchev–Trinajstić information content (AvgIpc) is 3.01. The summed E-state index contributed by atoms with van der Waals surface area (Å²) in [5.74, 6) is 1.03. The lowest BCUT2D eigenvalue weighted by molar-refractivity contribution is -0.111. The van der Waals surface area contributed by atoms with E-state index in [-0.39, 0.29) is 5.91 Å². The molecule has 0 aliphatic rings. The normalized spacial score (nSPS) is 11.5. The molecular formula is C21H21NO4. The maximum absolute atomic E-state index is 12.4. The predicted molar refractivity (Wildman–Crippen MR) is 103 cm³/mol. The lowest BCUT2D eigenvalue weighted by Crippen LogP contribution is -2.09. The molecule has 26 heavy (non-hydrogen) atoms. The van der Waals surface area contributed by atoms with Gasteiger partial charge in [0.25, 0.3) is 0 Å². The maximum atomic E-state index is 12.4. The number of nitrogens with one attached hydrogen (secondary N) is 1. The number of anilines is 1. The first-order valence-corrected chi connectivity index (χ1v) is 8.22. The molecule has 3 aromatic rings. The zero-order valence-electron chi connectivity index (χ0n) is 15.3. The fraction of sp³-hybridized carbons (Fsp3) is 0.190. The van der Waals surface area contributed by atoms with Gasteiger partial charge in [0.15, 0.2) is 0 Å². The molecular weight excluding hydrogens is 330 g/mol. The minimum Gasteiger partial charge on any atom is -0.496 e. The Morgan fingerprint density at radius 3 is 2.58 bits per heavy atom. The van der Waals surface area contributed by atoms with Gasteiger partial charge in [-0.05, 0) is 43.2 Å². The molecule has 0 unspecified atom stereocenters. The van der Waals surface area contributed by atoms with Gasteiger partial charge >= 0.3 is 0 Å². The zero-order chi connectivity index (χ0) is 18.7. The lowest BCUT2D eigenvalue weighted by atomic mass is 10.0. The molecule has 0 fully saturated rings. The average molecular weight is 351 g/mol. The van der Waals surface area contributed by atoms with E-state index >= 15 is 0 Å². The van der Waals surface area contributed by atoms with Gasteiger partial charge in [0.05, 0.1) is 26.2 Å². The molecule has 0 aliphatic carbocycles. The Labute approximate surface area is 152 Å². The number of furan rings is 1. The Morgan fingerprint density at radius 1 is 1.12 bits per heavy atom. The third-order valence-electron chi connectivity index (χ3n) is 4.23. The smallest absolute Gasteiger partial charge is 0.248 e. The number of amides is 1. The van der Waals surface area contributed by atoms with Crippen LogP contribution in [-0.2, 0) is 4.79 Å². The Morgan fingerprint density at radius 2 is 1.85 bits per heavy atom. The van der Waals surface area contributed by atoms with Crippen LogP contribution in [0.15, 0.2) is 53.2 Å². The number of hydrogen-bond acceptors (Lipinski definition) is 4. The van der Waals surface area contributed by atoms with Crippen LogP contribution in [0.3, 0.4) is 0 Å². The number of aryl methyl sites for hydroxylation is 1. The summed E-state index contributed by atoms with van der Waals surface area (Å²) < 4.78 is 16.2. The molecule has 5 heteroatoms.